The fourth-order valence-corrected chi connectivity index (χ4v) is 2.92. The van der Waals surface area contributed by atoms with Crippen LogP contribution in [0.1, 0.15) is 12.5 Å². The number of pyridine rings is 1. The summed E-state index contributed by atoms with van der Waals surface area (Å²) in [5.41, 5.74) is 2.12. The van der Waals surface area contributed by atoms with Crippen molar-refractivity contribution in [2.45, 2.75) is 25.3 Å². The van der Waals surface area contributed by atoms with Crippen LogP contribution in [0.15, 0.2) is 65.7 Å². The molecular weight excluding hydrogens is 346 g/mol. The van der Waals surface area contributed by atoms with Crippen molar-refractivity contribution in [3.63, 3.8) is 0 Å². The van der Waals surface area contributed by atoms with E-state index in [1.807, 2.05) is 37.4 Å². The van der Waals surface area contributed by atoms with Gasteiger partial charge < -0.3 is 4.55 Å². The largest absolute Gasteiger partial charge is 0.744 e. The minimum atomic E-state index is -4.27. The molecular formula is C18H18ClNO3S. The lowest BCUT2D eigenvalue weighted by Gasteiger charge is -2.05. The van der Waals surface area contributed by atoms with E-state index in [1.165, 1.54) is 17.6 Å². The minimum absolute atomic E-state index is 0.178. The summed E-state index contributed by atoms with van der Waals surface area (Å²) in [7, 11) is -4.27. The molecule has 3 aromatic rings. The van der Waals surface area contributed by atoms with Crippen LogP contribution < -0.4 is 4.57 Å². The summed E-state index contributed by atoms with van der Waals surface area (Å²) >= 11 is 6.07. The first-order valence-corrected chi connectivity index (χ1v) is 9.21. The first-order valence-electron chi connectivity index (χ1n) is 7.42. The van der Waals surface area contributed by atoms with Crippen LogP contribution in [0.4, 0.5) is 0 Å². The number of hydrogen-bond donors (Lipinski definition) is 0. The predicted octanol–water partition coefficient (Wildman–Crippen LogP) is 3.70. The van der Waals surface area contributed by atoms with Crippen molar-refractivity contribution in [1.29, 1.82) is 0 Å². The van der Waals surface area contributed by atoms with E-state index in [4.69, 9.17) is 11.6 Å². The maximum Gasteiger partial charge on any atom is 0.213 e. The van der Waals surface area contributed by atoms with Crippen LogP contribution >= 0.6 is 11.6 Å². The van der Waals surface area contributed by atoms with Crippen LogP contribution in [-0.2, 0) is 16.7 Å². The molecule has 0 fully saturated rings. The predicted molar refractivity (Wildman–Crippen MR) is 94.0 cm³/mol. The first kappa shape index (κ1) is 18.4. The molecule has 0 saturated heterocycles. The van der Waals surface area contributed by atoms with Crippen LogP contribution in [0.2, 0.25) is 5.02 Å². The highest BCUT2D eigenvalue weighted by Gasteiger charge is 2.07. The number of hydrogen-bond acceptors (Lipinski definition) is 3. The fourth-order valence-electron chi connectivity index (χ4n) is 2.23. The summed E-state index contributed by atoms with van der Waals surface area (Å²) in [5.74, 6) is 0. The quantitative estimate of drug-likeness (QED) is 0.515. The number of aromatic nitrogens is 1. The van der Waals surface area contributed by atoms with Gasteiger partial charge in [-0.2, -0.15) is 4.57 Å². The first-order chi connectivity index (χ1) is 11.3. The van der Waals surface area contributed by atoms with Crippen molar-refractivity contribution in [3.05, 3.63) is 71.4 Å². The van der Waals surface area contributed by atoms with Gasteiger partial charge in [-0.3, -0.25) is 0 Å². The Morgan fingerprint density at radius 2 is 1.67 bits per heavy atom. The lowest BCUT2D eigenvalue weighted by Crippen LogP contribution is -2.32. The van der Waals surface area contributed by atoms with Crippen molar-refractivity contribution >= 4 is 32.6 Å². The van der Waals surface area contributed by atoms with Crippen LogP contribution in [0.25, 0.3) is 10.9 Å². The van der Waals surface area contributed by atoms with E-state index in [9.17, 15) is 13.0 Å². The van der Waals surface area contributed by atoms with Crippen molar-refractivity contribution in [3.8, 4) is 0 Å². The van der Waals surface area contributed by atoms with Gasteiger partial charge >= 0.3 is 0 Å². The fraction of sp³-hybridized carbons (Fsp3) is 0.167. The third-order valence-electron chi connectivity index (χ3n) is 3.52. The zero-order valence-electron chi connectivity index (χ0n) is 13.4. The zero-order valence-corrected chi connectivity index (χ0v) is 15.0. The van der Waals surface area contributed by atoms with Gasteiger partial charge in [-0.25, -0.2) is 8.42 Å². The average Bonchev–Trinajstić information content (AvgIpc) is 2.56. The Morgan fingerprint density at radius 3 is 2.25 bits per heavy atom. The molecule has 3 rings (SSSR count). The van der Waals surface area contributed by atoms with Gasteiger partial charge in [-0.1, -0.05) is 41.4 Å². The van der Waals surface area contributed by atoms with Gasteiger partial charge in [0.05, 0.1) is 15.3 Å². The van der Waals surface area contributed by atoms with Gasteiger partial charge in [-0.15, -0.1) is 0 Å². The van der Waals surface area contributed by atoms with Crippen LogP contribution in [-0.4, -0.2) is 13.0 Å². The van der Waals surface area contributed by atoms with Gasteiger partial charge in [0.1, 0.15) is 16.7 Å². The molecule has 24 heavy (non-hydrogen) atoms. The molecule has 0 bridgehead atoms. The molecule has 0 aliphatic rings. The average molecular weight is 364 g/mol. The maximum atomic E-state index is 10.4. The molecule has 0 saturated carbocycles. The number of halogens is 1. The highest BCUT2D eigenvalue weighted by Crippen LogP contribution is 2.19. The Balaban J connectivity index is 0.000000177. The Kier molecular flexibility index (Phi) is 5.94. The second kappa shape index (κ2) is 7.75. The second-order valence-corrected chi connectivity index (χ2v) is 7.02. The third kappa shape index (κ3) is 4.54. The molecule has 0 N–H and O–H groups in total. The summed E-state index contributed by atoms with van der Waals surface area (Å²) in [5, 5.41) is 1.94. The van der Waals surface area contributed by atoms with Crippen molar-refractivity contribution < 1.29 is 17.5 Å². The summed E-state index contributed by atoms with van der Waals surface area (Å²) in [6.45, 7) is 4.92. The van der Waals surface area contributed by atoms with Crippen LogP contribution in [0.3, 0.4) is 0 Å². The molecule has 4 nitrogen and oxygen atoms in total. The van der Waals surface area contributed by atoms with Gasteiger partial charge in [0, 0.05) is 12.1 Å². The lowest BCUT2D eigenvalue weighted by atomic mass is 10.2. The lowest BCUT2D eigenvalue weighted by molar-refractivity contribution is -0.667. The minimum Gasteiger partial charge on any atom is -0.744 e. The smallest absolute Gasteiger partial charge is 0.213 e. The summed E-state index contributed by atoms with van der Waals surface area (Å²) < 4.78 is 33.3. The van der Waals surface area contributed by atoms with Gasteiger partial charge in [0.25, 0.3) is 0 Å². The normalized spacial score (nSPS) is 11.0. The Labute approximate surface area is 147 Å². The Bertz CT molecular complexity index is 938. The molecule has 0 aliphatic heterocycles. The summed E-state index contributed by atoms with van der Waals surface area (Å²) in [6, 6.07) is 15.9. The molecule has 0 radical (unpaired) electrons. The molecule has 0 unspecified atom stereocenters. The highest BCUT2D eigenvalue weighted by molar-refractivity contribution is 7.85. The number of para-hydroxylation sites is 1. The van der Waals surface area contributed by atoms with E-state index in [2.05, 4.69) is 17.6 Å². The van der Waals surface area contributed by atoms with Gasteiger partial charge in [0.15, 0.2) is 6.20 Å². The van der Waals surface area contributed by atoms with E-state index < -0.39 is 10.1 Å². The number of nitrogens with zero attached hydrogens (tertiary/aromatic N) is 1. The number of rotatable bonds is 2. The summed E-state index contributed by atoms with van der Waals surface area (Å²) in [6.07, 6.45) is 2.02. The summed E-state index contributed by atoms with van der Waals surface area (Å²) in [4.78, 5) is -0.178. The zero-order chi connectivity index (χ0) is 17.7. The molecule has 6 heteroatoms. The van der Waals surface area contributed by atoms with Gasteiger partial charge in [-0.05, 0) is 32.0 Å². The Morgan fingerprint density at radius 1 is 1.04 bits per heavy atom. The van der Waals surface area contributed by atoms with E-state index in [1.54, 1.807) is 12.1 Å². The second-order valence-electron chi connectivity index (χ2n) is 5.23. The van der Waals surface area contributed by atoms with Crippen molar-refractivity contribution in [2.75, 3.05) is 0 Å². The molecule has 0 aliphatic carbocycles. The molecule has 126 valence electrons. The highest BCUT2D eigenvalue weighted by atomic mass is 35.5. The monoisotopic (exact) mass is 363 g/mol. The van der Waals surface area contributed by atoms with Crippen LogP contribution in [0, 0.1) is 6.92 Å². The van der Waals surface area contributed by atoms with Crippen molar-refractivity contribution in [2.24, 2.45) is 0 Å². The van der Waals surface area contributed by atoms with E-state index in [0.717, 1.165) is 22.5 Å². The van der Waals surface area contributed by atoms with E-state index in [-0.39, 0.29) is 4.90 Å². The van der Waals surface area contributed by atoms with Crippen molar-refractivity contribution in [1.82, 2.24) is 0 Å². The molecule has 0 atom stereocenters. The molecule has 1 aromatic heterocycles. The molecule has 1 heterocycles. The number of aryl methyl sites for hydroxylation is 2. The Hall–Kier alpha value is -1.95. The number of benzene rings is 2. The maximum absolute atomic E-state index is 10.4. The van der Waals surface area contributed by atoms with Gasteiger partial charge in [0.2, 0.25) is 5.52 Å². The molecule has 2 aromatic carbocycles. The van der Waals surface area contributed by atoms with E-state index in [0.29, 0.717) is 0 Å². The topological polar surface area (TPSA) is 61.1 Å². The SMILES string of the molecule is CC[n+]1ccc(Cl)c2ccccc21.Cc1ccc(S(=O)(=O)[O-])cc1. The van der Waals surface area contributed by atoms with Crippen LogP contribution in [0.5, 0.6) is 0 Å². The third-order valence-corrected chi connectivity index (χ3v) is 4.70. The number of fused-ring (bicyclic) bond motifs is 1. The standard InChI is InChI=1S/C11H11ClN.C7H8O3S/c1-2-13-8-7-10(12)9-5-3-4-6-11(9)13;1-6-2-4-7(5-3-6)11(8,9)10/h3-8H,2H2,1H3;2-5H,1H3,(H,8,9,10)/q+1;/p-1. The molecule has 0 amide bonds. The van der Waals surface area contributed by atoms with E-state index >= 15 is 0 Å². The molecule has 0 spiro atoms.